The Balaban J connectivity index is 1.98. The smallest absolute Gasteiger partial charge is 0.348 e. The summed E-state index contributed by atoms with van der Waals surface area (Å²) >= 11 is 1.05. The fourth-order valence-corrected chi connectivity index (χ4v) is 3.77. The van der Waals surface area contributed by atoms with Crippen LogP contribution in [0.3, 0.4) is 0 Å². The van der Waals surface area contributed by atoms with E-state index in [1.165, 1.54) is 6.33 Å². The number of aryl methyl sites for hydroxylation is 1. The molecule has 1 atom stereocenters. The molecule has 1 N–H and O–H groups in total. The molecule has 0 fully saturated rings. The van der Waals surface area contributed by atoms with Crippen molar-refractivity contribution in [3.8, 4) is 0 Å². The molecule has 3 aromatic rings. The van der Waals surface area contributed by atoms with Crippen LogP contribution in [-0.4, -0.2) is 27.2 Å². The third-order valence-corrected chi connectivity index (χ3v) is 5.25. The third kappa shape index (κ3) is 3.60. The van der Waals surface area contributed by atoms with Gasteiger partial charge in [0.05, 0.1) is 31.0 Å². The largest absolute Gasteiger partial charge is 0.462 e. The molecule has 3 rings (SSSR count). The molecule has 0 amide bonds. The summed E-state index contributed by atoms with van der Waals surface area (Å²) in [6.45, 7) is 3.24. The number of halogens is 2. The first-order chi connectivity index (χ1) is 12.8. The number of hydrogen-bond donors (Lipinski definition) is 1. The molecule has 27 heavy (non-hydrogen) atoms. The van der Waals surface area contributed by atoms with Crippen molar-refractivity contribution in [2.24, 2.45) is 0 Å². The summed E-state index contributed by atoms with van der Waals surface area (Å²) in [4.78, 5) is 29.6. The minimum atomic E-state index is -1.37. The van der Waals surface area contributed by atoms with Gasteiger partial charge in [0, 0.05) is 11.6 Å². The number of aromatic nitrogens is 2. The lowest BCUT2D eigenvalue weighted by Gasteiger charge is -2.13. The predicted octanol–water partition coefficient (Wildman–Crippen LogP) is 2.95. The summed E-state index contributed by atoms with van der Waals surface area (Å²) in [5, 5.41) is 10.5. The lowest BCUT2D eigenvalue weighted by atomic mass is 10.1. The van der Waals surface area contributed by atoms with E-state index in [0.29, 0.717) is 21.3 Å². The molecule has 0 aliphatic rings. The first-order valence-corrected chi connectivity index (χ1v) is 8.93. The van der Waals surface area contributed by atoms with Crippen molar-refractivity contribution in [1.82, 2.24) is 9.55 Å². The highest BCUT2D eigenvalue weighted by molar-refractivity contribution is 7.20. The van der Waals surface area contributed by atoms with E-state index in [2.05, 4.69) is 4.98 Å². The van der Waals surface area contributed by atoms with Crippen molar-refractivity contribution in [2.75, 3.05) is 6.61 Å². The van der Waals surface area contributed by atoms with Gasteiger partial charge in [-0.25, -0.2) is 18.6 Å². The molecule has 0 saturated carbocycles. The van der Waals surface area contributed by atoms with Crippen LogP contribution in [0.15, 0.2) is 29.3 Å². The molecule has 2 aromatic heterocycles. The Bertz CT molecular complexity index is 1080. The number of thiophene rings is 1. The van der Waals surface area contributed by atoms with Crippen LogP contribution in [0.1, 0.15) is 33.8 Å². The van der Waals surface area contributed by atoms with Gasteiger partial charge in [0.25, 0.3) is 5.56 Å². The number of benzene rings is 1. The number of hydrogen-bond acceptors (Lipinski definition) is 6. The SMILES string of the molecule is CCOC(=O)c1sc2ncn(CC(O)c3ccc(F)cc3F)c(=O)c2c1C. The van der Waals surface area contributed by atoms with Gasteiger partial charge in [-0.3, -0.25) is 9.36 Å². The number of fused-ring (bicyclic) bond motifs is 1. The monoisotopic (exact) mass is 394 g/mol. The van der Waals surface area contributed by atoms with Crippen LogP contribution in [0.2, 0.25) is 0 Å². The van der Waals surface area contributed by atoms with E-state index in [1.54, 1.807) is 13.8 Å². The van der Waals surface area contributed by atoms with Crippen LogP contribution in [0.25, 0.3) is 10.2 Å². The van der Waals surface area contributed by atoms with Crippen LogP contribution >= 0.6 is 11.3 Å². The lowest BCUT2D eigenvalue weighted by molar-refractivity contribution is 0.0531. The number of nitrogens with zero attached hydrogens (tertiary/aromatic N) is 2. The highest BCUT2D eigenvalue weighted by Crippen LogP contribution is 2.28. The summed E-state index contributed by atoms with van der Waals surface area (Å²) < 4.78 is 33.0. The maximum Gasteiger partial charge on any atom is 0.348 e. The molecule has 0 radical (unpaired) electrons. The van der Waals surface area contributed by atoms with Crippen molar-refractivity contribution in [3.63, 3.8) is 0 Å². The Morgan fingerprint density at radius 1 is 1.41 bits per heavy atom. The number of esters is 1. The second-order valence-corrected chi connectivity index (χ2v) is 6.84. The minimum absolute atomic E-state index is 0.127. The average Bonchev–Trinajstić information content (AvgIpc) is 2.95. The quantitative estimate of drug-likeness (QED) is 0.673. The summed E-state index contributed by atoms with van der Waals surface area (Å²) in [5.41, 5.74) is -0.147. The molecule has 2 heterocycles. The molecule has 0 saturated heterocycles. The fourth-order valence-electron chi connectivity index (χ4n) is 2.74. The Labute approximate surface area is 156 Å². The molecule has 1 aromatic carbocycles. The van der Waals surface area contributed by atoms with Gasteiger partial charge in [-0.1, -0.05) is 6.07 Å². The molecule has 0 aliphatic heterocycles. The summed E-state index contributed by atoms with van der Waals surface area (Å²) in [7, 11) is 0. The first-order valence-electron chi connectivity index (χ1n) is 8.12. The molecule has 1 unspecified atom stereocenters. The van der Waals surface area contributed by atoms with E-state index in [9.17, 15) is 23.5 Å². The first kappa shape index (κ1) is 19.1. The van der Waals surface area contributed by atoms with Crippen LogP contribution in [0.5, 0.6) is 0 Å². The van der Waals surface area contributed by atoms with Crippen LogP contribution in [-0.2, 0) is 11.3 Å². The molecular weight excluding hydrogens is 378 g/mol. The topological polar surface area (TPSA) is 81.4 Å². The highest BCUT2D eigenvalue weighted by atomic mass is 32.1. The fraction of sp³-hybridized carbons (Fsp3) is 0.278. The number of aliphatic hydroxyl groups excluding tert-OH is 1. The zero-order chi connectivity index (χ0) is 19.7. The van der Waals surface area contributed by atoms with Crippen molar-refractivity contribution in [1.29, 1.82) is 0 Å². The van der Waals surface area contributed by atoms with Crippen LogP contribution in [0.4, 0.5) is 8.78 Å². The maximum absolute atomic E-state index is 13.8. The predicted molar refractivity (Wildman–Crippen MR) is 95.9 cm³/mol. The Morgan fingerprint density at radius 2 is 2.15 bits per heavy atom. The lowest BCUT2D eigenvalue weighted by Crippen LogP contribution is -2.24. The van der Waals surface area contributed by atoms with E-state index >= 15 is 0 Å². The minimum Gasteiger partial charge on any atom is -0.462 e. The summed E-state index contributed by atoms with van der Waals surface area (Å²) in [5.74, 6) is -2.19. The molecule has 0 bridgehead atoms. The molecule has 142 valence electrons. The standard InChI is InChI=1S/C18H16F2N2O4S/c1-3-26-18(25)15-9(2)14-16(27-15)21-8-22(17(14)24)7-13(23)11-5-4-10(19)6-12(11)20/h4-6,8,13,23H,3,7H2,1-2H3. The molecule has 0 spiro atoms. The number of aliphatic hydroxyl groups is 1. The van der Waals surface area contributed by atoms with E-state index < -0.39 is 29.3 Å². The van der Waals surface area contributed by atoms with Gasteiger partial charge in [-0.2, -0.15) is 0 Å². The Kier molecular flexibility index (Phi) is 5.33. The normalized spacial score (nSPS) is 12.3. The molecule has 9 heteroatoms. The Morgan fingerprint density at radius 3 is 2.81 bits per heavy atom. The average molecular weight is 394 g/mol. The van der Waals surface area contributed by atoms with Gasteiger partial charge in [0.2, 0.25) is 0 Å². The van der Waals surface area contributed by atoms with Gasteiger partial charge in [-0.15, -0.1) is 11.3 Å². The van der Waals surface area contributed by atoms with E-state index in [-0.39, 0.29) is 24.1 Å². The highest BCUT2D eigenvalue weighted by Gasteiger charge is 2.21. The van der Waals surface area contributed by atoms with E-state index in [1.807, 2.05) is 0 Å². The zero-order valence-corrected chi connectivity index (χ0v) is 15.3. The number of ether oxygens (including phenoxy) is 1. The second kappa shape index (κ2) is 7.53. The van der Waals surface area contributed by atoms with Crippen LogP contribution < -0.4 is 5.56 Å². The second-order valence-electron chi connectivity index (χ2n) is 5.84. The van der Waals surface area contributed by atoms with Gasteiger partial charge < -0.3 is 9.84 Å². The van der Waals surface area contributed by atoms with Crippen molar-refractivity contribution >= 4 is 27.5 Å². The van der Waals surface area contributed by atoms with Gasteiger partial charge >= 0.3 is 5.97 Å². The maximum atomic E-state index is 13.8. The number of carbonyl (C=O) groups excluding carboxylic acids is 1. The number of rotatable bonds is 5. The summed E-state index contributed by atoms with van der Waals surface area (Å²) in [6.07, 6.45) is -0.147. The van der Waals surface area contributed by atoms with Crippen molar-refractivity contribution in [2.45, 2.75) is 26.5 Å². The van der Waals surface area contributed by atoms with Crippen molar-refractivity contribution in [3.05, 3.63) is 62.5 Å². The molecule has 0 aliphatic carbocycles. The van der Waals surface area contributed by atoms with Gasteiger partial charge in [-0.05, 0) is 25.5 Å². The third-order valence-electron chi connectivity index (χ3n) is 4.07. The van der Waals surface area contributed by atoms with Crippen LogP contribution in [0, 0.1) is 18.6 Å². The molecule has 6 nitrogen and oxygen atoms in total. The zero-order valence-electron chi connectivity index (χ0n) is 14.5. The van der Waals surface area contributed by atoms with Gasteiger partial charge in [0.1, 0.15) is 21.3 Å². The van der Waals surface area contributed by atoms with E-state index in [4.69, 9.17) is 4.74 Å². The van der Waals surface area contributed by atoms with Crippen molar-refractivity contribution < 1.29 is 23.4 Å². The molecular formula is C18H16F2N2O4S. The Hall–Kier alpha value is -2.65. The number of carbonyl (C=O) groups is 1. The summed E-state index contributed by atoms with van der Waals surface area (Å²) in [6, 6.07) is 2.82. The van der Waals surface area contributed by atoms with E-state index in [0.717, 1.165) is 28.0 Å². The van der Waals surface area contributed by atoms with Gasteiger partial charge in [0.15, 0.2) is 0 Å².